The maximum atomic E-state index is 5.81. The van der Waals surface area contributed by atoms with Crippen LogP contribution in [0.15, 0.2) is 12.7 Å². The molecule has 0 spiro atoms. The molecule has 0 aromatic heterocycles. The summed E-state index contributed by atoms with van der Waals surface area (Å²) in [6.07, 6.45) is 7.05. The fraction of sp³-hybridized carbons (Fsp3) is 0.833. The second kappa shape index (κ2) is 6.20. The van der Waals surface area contributed by atoms with Crippen molar-refractivity contribution in [2.24, 2.45) is 11.7 Å². The molecule has 1 heterocycles. The van der Waals surface area contributed by atoms with Gasteiger partial charge in [0.25, 0.3) is 0 Å². The Morgan fingerprint density at radius 3 is 2.93 bits per heavy atom. The van der Waals surface area contributed by atoms with Gasteiger partial charge >= 0.3 is 0 Å². The van der Waals surface area contributed by atoms with E-state index < -0.39 is 0 Å². The lowest BCUT2D eigenvalue weighted by Crippen LogP contribution is -2.46. The lowest BCUT2D eigenvalue weighted by atomic mass is 9.89. The van der Waals surface area contributed by atoms with Gasteiger partial charge in [0.2, 0.25) is 0 Å². The topological polar surface area (TPSA) is 29.3 Å². The molecule has 0 bridgehead atoms. The van der Waals surface area contributed by atoms with Crippen LogP contribution in [0.25, 0.3) is 0 Å². The zero-order valence-corrected chi connectivity index (χ0v) is 9.41. The summed E-state index contributed by atoms with van der Waals surface area (Å²) in [5.74, 6) is 0.906. The van der Waals surface area contributed by atoms with E-state index >= 15 is 0 Å². The number of hydrogen-bond acceptors (Lipinski definition) is 2. The van der Waals surface area contributed by atoms with E-state index in [0.29, 0.717) is 6.04 Å². The molecule has 1 aliphatic rings. The van der Waals surface area contributed by atoms with Gasteiger partial charge in [-0.25, -0.2) is 0 Å². The molecular formula is C12H24N2. The van der Waals surface area contributed by atoms with Crippen molar-refractivity contribution in [3.63, 3.8) is 0 Å². The van der Waals surface area contributed by atoms with Gasteiger partial charge in [0.15, 0.2) is 0 Å². The molecule has 0 aliphatic carbocycles. The molecule has 1 rings (SSSR count). The molecule has 0 aromatic carbocycles. The highest BCUT2D eigenvalue weighted by Crippen LogP contribution is 2.24. The van der Waals surface area contributed by atoms with Gasteiger partial charge in [-0.2, -0.15) is 0 Å². The maximum Gasteiger partial charge on any atom is 0.0221 e. The molecule has 0 radical (unpaired) electrons. The van der Waals surface area contributed by atoms with Gasteiger partial charge in [-0.05, 0) is 31.7 Å². The molecule has 0 saturated carbocycles. The summed E-state index contributed by atoms with van der Waals surface area (Å²) in [5, 5.41) is 0. The molecule has 0 aromatic rings. The molecular weight excluding hydrogens is 172 g/mol. The normalized spacial score (nSPS) is 29.0. The Balaban J connectivity index is 2.39. The first-order chi connectivity index (χ1) is 6.81. The van der Waals surface area contributed by atoms with Gasteiger partial charge in [0.05, 0.1) is 0 Å². The summed E-state index contributed by atoms with van der Waals surface area (Å²) < 4.78 is 0. The SMILES string of the molecule is C=CCCN1CCC(CC)CC1CN. The van der Waals surface area contributed by atoms with Crippen LogP contribution < -0.4 is 5.73 Å². The number of nitrogens with zero attached hydrogens (tertiary/aromatic N) is 1. The van der Waals surface area contributed by atoms with Crippen LogP contribution in [-0.2, 0) is 0 Å². The highest BCUT2D eigenvalue weighted by molar-refractivity contribution is 4.83. The van der Waals surface area contributed by atoms with Crippen molar-refractivity contribution in [1.29, 1.82) is 0 Å². The number of hydrogen-bond donors (Lipinski definition) is 1. The van der Waals surface area contributed by atoms with Crippen LogP contribution in [0.5, 0.6) is 0 Å². The second-order valence-corrected chi connectivity index (χ2v) is 4.30. The minimum atomic E-state index is 0.619. The number of likely N-dealkylation sites (tertiary alicyclic amines) is 1. The fourth-order valence-electron chi connectivity index (χ4n) is 2.35. The van der Waals surface area contributed by atoms with Gasteiger partial charge < -0.3 is 5.73 Å². The number of piperidine rings is 1. The van der Waals surface area contributed by atoms with Crippen molar-refractivity contribution in [3.8, 4) is 0 Å². The van der Waals surface area contributed by atoms with Crippen LogP contribution >= 0.6 is 0 Å². The van der Waals surface area contributed by atoms with Crippen molar-refractivity contribution in [2.45, 2.75) is 38.6 Å². The Labute approximate surface area is 88.2 Å². The van der Waals surface area contributed by atoms with E-state index in [9.17, 15) is 0 Å². The first-order valence-corrected chi connectivity index (χ1v) is 5.86. The third-order valence-corrected chi connectivity index (χ3v) is 3.42. The zero-order chi connectivity index (χ0) is 10.4. The minimum absolute atomic E-state index is 0.619. The smallest absolute Gasteiger partial charge is 0.0221 e. The Morgan fingerprint density at radius 2 is 2.36 bits per heavy atom. The van der Waals surface area contributed by atoms with Gasteiger partial charge in [-0.3, -0.25) is 4.90 Å². The van der Waals surface area contributed by atoms with E-state index in [0.717, 1.165) is 25.4 Å². The molecule has 2 heteroatoms. The summed E-state index contributed by atoms with van der Waals surface area (Å²) >= 11 is 0. The molecule has 82 valence electrons. The van der Waals surface area contributed by atoms with E-state index in [4.69, 9.17) is 5.73 Å². The fourth-order valence-corrected chi connectivity index (χ4v) is 2.35. The van der Waals surface area contributed by atoms with Crippen molar-refractivity contribution in [1.82, 2.24) is 4.90 Å². The van der Waals surface area contributed by atoms with Crippen LogP contribution in [0.2, 0.25) is 0 Å². The second-order valence-electron chi connectivity index (χ2n) is 4.30. The summed E-state index contributed by atoms with van der Waals surface area (Å²) in [6, 6.07) is 0.619. The van der Waals surface area contributed by atoms with Crippen LogP contribution in [0.3, 0.4) is 0 Å². The van der Waals surface area contributed by atoms with E-state index in [-0.39, 0.29) is 0 Å². The van der Waals surface area contributed by atoms with Crippen molar-refractivity contribution >= 4 is 0 Å². The summed E-state index contributed by atoms with van der Waals surface area (Å²) in [5.41, 5.74) is 5.81. The minimum Gasteiger partial charge on any atom is -0.329 e. The third-order valence-electron chi connectivity index (χ3n) is 3.42. The average Bonchev–Trinajstić information content (AvgIpc) is 2.26. The molecule has 14 heavy (non-hydrogen) atoms. The maximum absolute atomic E-state index is 5.81. The van der Waals surface area contributed by atoms with Crippen LogP contribution in [0.4, 0.5) is 0 Å². The molecule has 2 N–H and O–H groups in total. The molecule has 1 saturated heterocycles. The first-order valence-electron chi connectivity index (χ1n) is 5.86. The van der Waals surface area contributed by atoms with Crippen LogP contribution in [0, 0.1) is 5.92 Å². The van der Waals surface area contributed by atoms with Gasteiger partial charge in [0, 0.05) is 19.1 Å². The van der Waals surface area contributed by atoms with Gasteiger partial charge in [-0.1, -0.05) is 19.4 Å². The van der Waals surface area contributed by atoms with Gasteiger partial charge in [-0.15, -0.1) is 6.58 Å². The summed E-state index contributed by atoms with van der Waals surface area (Å²) in [6.45, 7) is 9.24. The largest absolute Gasteiger partial charge is 0.329 e. The van der Waals surface area contributed by atoms with Crippen molar-refractivity contribution in [2.75, 3.05) is 19.6 Å². The van der Waals surface area contributed by atoms with Gasteiger partial charge in [0.1, 0.15) is 0 Å². The van der Waals surface area contributed by atoms with E-state index in [1.165, 1.54) is 25.8 Å². The zero-order valence-electron chi connectivity index (χ0n) is 9.41. The monoisotopic (exact) mass is 196 g/mol. The molecule has 1 aliphatic heterocycles. The van der Waals surface area contributed by atoms with E-state index in [2.05, 4.69) is 18.4 Å². The molecule has 2 atom stereocenters. The van der Waals surface area contributed by atoms with Crippen LogP contribution in [0.1, 0.15) is 32.6 Å². The molecule has 2 nitrogen and oxygen atoms in total. The number of rotatable bonds is 5. The van der Waals surface area contributed by atoms with E-state index in [1.54, 1.807) is 0 Å². The first kappa shape index (κ1) is 11.7. The predicted molar refractivity (Wildman–Crippen MR) is 62.2 cm³/mol. The Morgan fingerprint density at radius 1 is 1.57 bits per heavy atom. The van der Waals surface area contributed by atoms with Crippen LogP contribution in [-0.4, -0.2) is 30.6 Å². The highest BCUT2D eigenvalue weighted by atomic mass is 15.2. The summed E-state index contributed by atoms with van der Waals surface area (Å²) in [4.78, 5) is 2.54. The molecule has 2 unspecified atom stereocenters. The Bertz CT molecular complexity index is 168. The van der Waals surface area contributed by atoms with Crippen molar-refractivity contribution < 1.29 is 0 Å². The predicted octanol–water partition coefficient (Wildman–Crippen LogP) is 2.01. The lowest BCUT2D eigenvalue weighted by Gasteiger charge is -2.38. The Hall–Kier alpha value is -0.340. The average molecular weight is 196 g/mol. The van der Waals surface area contributed by atoms with Crippen molar-refractivity contribution in [3.05, 3.63) is 12.7 Å². The number of nitrogens with two attached hydrogens (primary N) is 1. The summed E-state index contributed by atoms with van der Waals surface area (Å²) in [7, 11) is 0. The highest BCUT2D eigenvalue weighted by Gasteiger charge is 2.25. The lowest BCUT2D eigenvalue weighted by molar-refractivity contribution is 0.117. The third kappa shape index (κ3) is 3.10. The standard InChI is InChI=1S/C12H24N2/c1-3-5-7-14-8-6-11(4-2)9-12(14)10-13/h3,11-12H,1,4-10,13H2,2H3. The molecule has 1 fully saturated rings. The van der Waals surface area contributed by atoms with E-state index in [1.807, 2.05) is 6.08 Å². The quantitative estimate of drug-likeness (QED) is 0.682. The molecule has 0 amide bonds. The Kier molecular flexibility index (Phi) is 5.20.